The van der Waals surface area contributed by atoms with E-state index >= 15 is 0 Å². The molecular weight excluding hydrogens is 498 g/mol. The van der Waals surface area contributed by atoms with E-state index in [1.807, 2.05) is 63.2 Å². The van der Waals surface area contributed by atoms with E-state index in [1.165, 1.54) is 0 Å². The van der Waals surface area contributed by atoms with Gasteiger partial charge >= 0.3 is 6.09 Å². The fourth-order valence-corrected chi connectivity index (χ4v) is 4.48. The lowest BCUT2D eigenvalue weighted by molar-refractivity contribution is -0.140. The number of alkyl carbamates (subject to hydrolysis) is 1. The lowest BCUT2D eigenvalue weighted by atomic mass is 9.96. The van der Waals surface area contributed by atoms with Crippen molar-refractivity contribution in [3.63, 3.8) is 0 Å². The van der Waals surface area contributed by atoms with Crippen molar-refractivity contribution in [1.29, 1.82) is 0 Å². The van der Waals surface area contributed by atoms with Gasteiger partial charge in [-0.25, -0.2) is 4.79 Å². The molecule has 2 unspecified atom stereocenters. The molecule has 0 aromatic heterocycles. The van der Waals surface area contributed by atoms with Gasteiger partial charge in [0.15, 0.2) is 0 Å². The molecule has 7 nitrogen and oxygen atoms in total. The summed E-state index contributed by atoms with van der Waals surface area (Å²) in [5, 5.41) is 5.70. The van der Waals surface area contributed by atoms with Crippen LogP contribution in [0.5, 0.6) is 0 Å². The minimum absolute atomic E-state index is 0.0569. The molecule has 2 atom stereocenters. The van der Waals surface area contributed by atoms with Gasteiger partial charge in [0.25, 0.3) is 5.91 Å². The highest BCUT2D eigenvalue weighted by molar-refractivity contribution is 7.80. The average molecular weight is 542 g/mol. The van der Waals surface area contributed by atoms with Crippen molar-refractivity contribution in [2.24, 2.45) is 0 Å². The molecule has 2 aromatic rings. The van der Waals surface area contributed by atoms with Crippen molar-refractivity contribution >= 4 is 36.2 Å². The van der Waals surface area contributed by atoms with Crippen molar-refractivity contribution < 1.29 is 19.1 Å². The Morgan fingerprint density at radius 1 is 1.00 bits per heavy atom. The Balaban J connectivity index is 2.53. The van der Waals surface area contributed by atoms with Crippen molar-refractivity contribution in [2.45, 2.75) is 85.4 Å². The summed E-state index contributed by atoms with van der Waals surface area (Å²) in [6.07, 6.45) is 1.87. The van der Waals surface area contributed by atoms with Crippen LogP contribution in [0.2, 0.25) is 0 Å². The predicted molar refractivity (Wildman–Crippen MR) is 157 cm³/mol. The molecule has 0 saturated heterocycles. The van der Waals surface area contributed by atoms with Gasteiger partial charge in [0.2, 0.25) is 5.91 Å². The monoisotopic (exact) mass is 541 g/mol. The first kappa shape index (κ1) is 31.2. The Morgan fingerprint density at radius 3 is 2.26 bits per heavy atom. The summed E-state index contributed by atoms with van der Waals surface area (Å²) in [6.45, 7) is 13.6. The second-order valence-corrected chi connectivity index (χ2v) is 11.1. The van der Waals surface area contributed by atoms with E-state index in [1.54, 1.807) is 25.7 Å². The first-order chi connectivity index (χ1) is 17.9. The Bertz CT molecular complexity index is 1110. The first-order valence-corrected chi connectivity index (χ1v) is 13.9. The average Bonchev–Trinajstić information content (AvgIpc) is 2.83. The minimum atomic E-state index is -0.964. The number of aryl methyl sites for hydroxylation is 3. The van der Waals surface area contributed by atoms with Gasteiger partial charge in [-0.05, 0) is 70.7 Å². The van der Waals surface area contributed by atoms with E-state index < -0.39 is 23.8 Å². The predicted octanol–water partition coefficient (Wildman–Crippen LogP) is 6.13. The molecule has 3 amide bonds. The number of benzene rings is 2. The molecular formula is C30H43N3O4S. The number of hydrogen-bond acceptors (Lipinski definition) is 5. The van der Waals surface area contributed by atoms with Gasteiger partial charge in [0.05, 0.1) is 0 Å². The third-order valence-electron chi connectivity index (χ3n) is 6.14. The number of carbonyl (C=O) groups is 3. The summed E-state index contributed by atoms with van der Waals surface area (Å²) >= 11 is 4.36. The fraction of sp³-hybridized carbons (Fsp3) is 0.500. The lowest BCUT2D eigenvalue weighted by Gasteiger charge is -2.35. The molecule has 38 heavy (non-hydrogen) atoms. The highest BCUT2D eigenvalue weighted by Crippen LogP contribution is 2.29. The number of anilines is 1. The summed E-state index contributed by atoms with van der Waals surface area (Å²) in [5.41, 5.74) is 3.60. The summed E-state index contributed by atoms with van der Waals surface area (Å²) in [4.78, 5) is 42.1. The largest absolute Gasteiger partial charge is 0.444 e. The number of para-hydroxylation sites is 1. The van der Waals surface area contributed by atoms with Gasteiger partial charge in [0, 0.05) is 18.0 Å². The molecule has 0 saturated carbocycles. The molecule has 0 aliphatic carbocycles. The van der Waals surface area contributed by atoms with E-state index in [9.17, 15) is 14.4 Å². The zero-order valence-corrected chi connectivity index (χ0v) is 24.7. The van der Waals surface area contributed by atoms with Gasteiger partial charge in [-0.1, -0.05) is 61.7 Å². The van der Waals surface area contributed by atoms with Gasteiger partial charge < -0.3 is 20.3 Å². The molecule has 0 aliphatic heterocycles. The van der Waals surface area contributed by atoms with E-state index in [2.05, 4.69) is 30.2 Å². The van der Waals surface area contributed by atoms with E-state index in [0.717, 1.165) is 35.1 Å². The molecule has 0 bridgehead atoms. The summed E-state index contributed by atoms with van der Waals surface area (Å²) < 4.78 is 5.38. The molecule has 0 radical (unpaired) electrons. The van der Waals surface area contributed by atoms with Crippen LogP contribution < -0.4 is 10.6 Å². The number of carbonyl (C=O) groups excluding carboxylic acids is 3. The molecule has 8 heteroatoms. The summed E-state index contributed by atoms with van der Waals surface area (Å²) in [5.74, 6) is -0.639. The van der Waals surface area contributed by atoms with Crippen LogP contribution in [0.15, 0.2) is 42.5 Å². The SMILES string of the molecule is CCCCCN(C(=O)C(CS)NC(=O)OC(C)(C)C)C(C(=O)Nc1ccccc1C)c1ccc(C)cc1C. The Hall–Kier alpha value is -3.00. The second kappa shape index (κ2) is 14.2. The zero-order chi connectivity index (χ0) is 28.5. The molecule has 2 rings (SSSR count). The maximum atomic E-state index is 14.0. The van der Waals surface area contributed by atoms with Crippen LogP contribution in [0.3, 0.4) is 0 Å². The van der Waals surface area contributed by atoms with Gasteiger partial charge in [-0.2, -0.15) is 12.6 Å². The summed E-state index contributed by atoms with van der Waals surface area (Å²) in [7, 11) is 0. The number of rotatable bonds is 11. The highest BCUT2D eigenvalue weighted by atomic mass is 32.1. The maximum Gasteiger partial charge on any atom is 0.408 e. The second-order valence-electron chi connectivity index (χ2n) is 10.7. The zero-order valence-electron chi connectivity index (χ0n) is 23.8. The van der Waals surface area contributed by atoms with Crippen molar-refractivity contribution in [1.82, 2.24) is 10.2 Å². The van der Waals surface area contributed by atoms with E-state index in [4.69, 9.17) is 4.74 Å². The van der Waals surface area contributed by atoms with Crippen molar-refractivity contribution in [2.75, 3.05) is 17.6 Å². The topological polar surface area (TPSA) is 87.7 Å². The molecule has 0 spiro atoms. The first-order valence-electron chi connectivity index (χ1n) is 13.2. The van der Waals surface area contributed by atoms with Crippen LogP contribution in [-0.2, 0) is 14.3 Å². The van der Waals surface area contributed by atoms with Crippen LogP contribution in [0.25, 0.3) is 0 Å². The number of ether oxygens (including phenoxy) is 1. The standard InChI is InChI=1S/C30H43N3O4S/c1-8-9-12-17-33(28(35)25(19-38)32-29(36)37-30(5,6)7)26(23-16-15-20(2)18-22(23)4)27(34)31-24-14-11-10-13-21(24)3/h10-11,13-16,18,25-26,38H,8-9,12,17,19H2,1-7H3,(H,31,34)(H,32,36). The van der Waals surface area contributed by atoms with Crippen molar-refractivity contribution in [3.8, 4) is 0 Å². The number of hydrogen-bond donors (Lipinski definition) is 3. The Labute approximate surface area is 233 Å². The molecule has 0 aliphatic rings. The third-order valence-corrected chi connectivity index (χ3v) is 6.51. The quantitative estimate of drug-likeness (QED) is 0.236. The van der Waals surface area contributed by atoms with Crippen LogP contribution >= 0.6 is 12.6 Å². The number of amides is 3. The maximum absolute atomic E-state index is 14.0. The van der Waals surface area contributed by atoms with E-state index in [-0.39, 0.29) is 17.6 Å². The lowest BCUT2D eigenvalue weighted by Crippen LogP contribution is -2.53. The smallest absolute Gasteiger partial charge is 0.408 e. The molecule has 2 aromatic carbocycles. The molecule has 208 valence electrons. The molecule has 2 N–H and O–H groups in total. The van der Waals surface area contributed by atoms with E-state index in [0.29, 0.717) is 18.7 Å². The number of nitrogens with zero attached hydrogens (tertiary/aromatic N) is 1. The number of thiol groups is 1. The van der Waals surface area contributed by atoms with Gasteiger partial charge in [-0.3, -0.25) is 9.59 Å². The van der Waals surface area contributed by atoms with Crippen LogP contribution in [0.1, 0.15) is 75.3 Å². The normalized spacial score (nSPS) is 12.8. The Kier molecular flexibility index (Phi) is 11.7. The molecule has 0 heterocycles. The Morgan fingerprint density at radius 2 is 1.68 bits per heavy atom. The summed E-state index contributed by atoms with van der Waals surface area (Å²) in [6, 6.07) is 11.5. The van der Waals surface area contributed by atoms with Gasteiger partial charge in [0.1, 0.15) is 17.7 Å². The number of unbranched alkanes of at least 4 members (excludes halogenated alkanes) is 2. The highest BCUT2D eigenvalue weighted by Gasteiger charge is 2.36. The van der Waals surface area contributed by atoms with Crippen LogP contribution in [-0.4, -0.2) is 46.7 Å². The minimum Gasteiger partial charge on any atom is -0.444 e. The van der Waals surface area contributed by atoms with Crippen molar-refractivity contribution in [3.05, 3.63) is 64.7 Å². The fourth-order valence-electron chi connectivity index (χ4n) is 4.23. The van der Waals surface area contributed by atoms with Crippen LogP contribution in [0, 0.1) is 20.8 Å². The number of nitrogens with one attached hydrogen (secondary N) is 2. The van der Waals surface area contributed by atoms with Crippen LogP contribution in [0.4, 0.5) is 10.5 Å². The van der Waals surface area contributed by atoms with Gasteiger partial charge in [-0.15, -0.1) is 0 Å². The third kappa shape index (κ3) is 9.08. The molecule has 0 fully saturated rings.